The molecule has 1 aromatic rings. The Morgan fingerprint density at radius 2 is 2.00 bits per heavy atom. The number of ether oxygens (including phenoxy) is 1. The van der Waals surface area contributed by atoms with E-state index in [0.717, 1.165) is 25.0 Å². The average Bonchev–Trinajstić information content (AvgIpc) is 3.01. The molecule has 1 fully saturated rings. The first-order chi connectivity index (χ1) is 11.3. The van der Waals surface area contributed by atoms with E-state index >= 15 is 0 Å². The van der Waals surface area contributed by atoms with Gasteiger partial charge in [0.2, 0.25) is 5.91 Å². The third kappa shape index (κ3) is 5.21. The number of amides is 1. The summed E-state index contributed by atoms with van der Waals surface area (Å²) in [6, 6.07) is 6.77. The Morgan fingerprint density at radius 1 is 1.33 bits per heavy atom. The summed E-state index contributed by atoms with van der Waals surface area (Å²) in [5.74, 6) is 0.272. The standard InChI is InChI=1S/C17H25NO5S/c1-13(2)24(20,21)23-16-8-6-15(7-9-16)11-18(14(3)19)12-17-5-4-10-22-17/h6-9,13,17H,4-5,10-12H2,1-3H3. The second-order valence-corrected chi connectivity index (χ2v) is 8.40. The lowest BCUT2D eigenvalue weighted by Crippen LogP contribution is -2.35. The highest BCUT2D eigenvalue weighted by atomic mass is 32.2. The van der Waals surface area contributed by atoms with E-state index in [4.69, 9.17) is 8.92 Å². The van der Waals surface area contributed by atoms with Crippen molar-refractivity contribution in [2.45, 2.75) is 51.5 Å². The maximum Gasteiger partial charge on any atom is 0.311 e. The summed E-state index contributed by atoms with van der Waals surface area (Å²) < 4.78 is 34.1. The molecule has 1 aliphatic rings. The van der Waals surface area contributed by atoms with Crippen LogP contribution in [0.25, 0.3) is 0 Å². The third-order valence-electron chi connectivity index (χ3n) is 3.98. The zero-order valence-corrected chi connectivity index (χ0v) is 15.2. The fraction of sp³-hybridized carbons (Fsp3) is 0.588. The molecule has 1 aliphatic heterocycles. The maximum atomic E-state index is 11.8. The van der Waals surface area contributed by atoms with Crippen molar-refractivity contribution < 1.29 is 22.1 Å². The Morgan fingerprint density at radius 3 is 2.50 bits per heavy atom. The van der Waals surface area contributed by atoms with E-state index in [-0.39, 0.29) is 17.8 Å². The number of hydrogen-bond donors (Lipinski definition) is 0. The molecule has 6 nitrogen and oxygen atoms in total. The lowest BCUT2D eigenvalue weighted by Gasteiger charge is -2.24. The van der Waals surface area contributed by atoms with Gasteiger partial charge in [-0.3, -0.25) is 4.79 Å². The second kappa shape index (κ2) is 7.98. The summed E-state index contributed by atoms with van der Waals surface area (Å²) in [5.41, 5.74) is 0.914. The minimum atomic E-state index is -3.60. The van der Waals surface area contributed by atoms with Gasteiger partial charge >= 0.3 is 10.1 Å². The maximum absolute atomic E-state index is 11.8. The highest BCUT2D eigenvalue weighted by Gasteiger charge is 2.21. The molecule has 134 valence electrons. The molecule has 1 unspecified atom stereocenters. The van der Waals surface area contributed by atoms with Gasteiger partial charge < -0.3 is 13.8 Å². The zero-order chi connectivity index (χ0) is 17.7. The van der Waals surface area contributed by atoms with Crippen LogP contribution in [0.2, 0.25) is 0 Å². The number of benzene rings is 1. The Hall–Kier alpha value is -1.60. The van der Waals surface area contributed by atoms with Gasteiger partial charge in [0, 0.05) is 26.6 Å². The van der Waals surface area contributed by atoms with Crippen molar-refractivity contribution in [3.63, 3.8) is 0 Å². The van der Waals surface area contributed by atoms with Crippen LogP contribution in [-0.4, -0.2) is 43.7 Å². The van der Waals surface area contributed by atoms with Gasteiger partial charge in [-0.15, -0.1) is 0 Å². The van der Waals surface area contributed by atoms with Crippen LogP contribution in [0.1, 0.15) is 39.2 Å². The third-order valence-corrected chi connectivity index (χ3v) is 5.56. The average molecular weight is 355 g/mol. The number of carbonyl (C=O) groups is 1. The largest absolute Gasteiger partial charge is 0.382 e. The summed E-state index contributed by atoms with van der Waals surface area (Å²) in [5, 5.41) is -0.600. The summed E-state index contributed by atoms with van der Waals surface area (Å²) in [6.45, 7) is 6.48. The van der Waals surface area contributed by atoms with Crippen LogP contribution in [0.15, 0.2) is 24.3 Å². The number of nitrogens with zero attached hydrogens (tertiary/aromatic N) is 1. The van der Waals surface area contributed by atoms with Gasteiger partial charge in [-0.05, 0) is 44.4 Å². The molecule has 0 aliphatic carbocycles. The first-order valence-corrected chi connectivity index (χ1v) is 9.64. The molecule has 7 heteroatoms. The topological polar surface area (TPSA) is 72.9 Å². The Balaban J connectivity index is 1.99. The van der Waals surface area contributed by atoms with E-state index in [9.17, 15) is 13.2 Å². The molecule has 1 amide bonds. The molecule has 1 atom stereocenters. The fourth-order valence-corrected chi connectivity index (χ4v) is 3.01. The van der Waals surface area contributed by atoms with Crippen LogP contribution in [0, 0.1) is 0 Å². The van der Waals surface area contributed by atoms with Gasteiger partial charge in [0.1, 0.15) is 5.75 Å². The summed E-state index contributed by atoms with van der Waals surface area (Å²) in [6.07, 6.45) is 2.11. The predicted octanol–water partition coefficient (Wildman–Crippen LogP) is 2.33. The van der Waals surface area contributed by atoms with Crippen molar-refractivity contribution >= 4 is 16.0 Å². The predicted molar refractivity (Wildman–Crippen MR) is 91.2 cm³/mol. The van der Waals surface area contributed by atoms with Gasteiger partial charge in [0.25, 0.3) is 0 Å². The summed E-state index contributed by atoms with van der Waals surface area (Å²) in [4.78, 5) is 13.6. The molecular weight excluding hydrogens is 330 g/mol. The van der Waals surface area contributed by atoms with Crippen molar-refractivity contribution in [1.82, 2.24) is 4.90 Å². The highest BCUT2D eigenvalue weighted by molar-refractivity contribution is 7.87. The molecule has 0 saturated carbocycles. The molecule has 24 heavy (non-hydrogen) atoms. The number of carbonyl (C=O) groups excluding carboxylic acids is 1. The normalized spacial score (nSPS) is 17.9. The molecule has 2 rings (SSSR count). The molecule has 1 heterocycles. The van der Waals surface area contributed by atoms with E-state index in [1.807, 2.05) is 0 Å². The zero-order valence-electron chi connectivity index (χ0n) is 14.4. The molecule has 0 radical (unpaired) electrons. The van der Waals surface area contributed by atoms with Gasteiger partial charge in [-0.25, -0.2) is 0 Å². The lowest BCUT2D eigenvalue weighted by molar-refractivity contribution is -0.131. The molecule has 0 spiro atoms. The minimum absolute atomic E-state index is 0.00629. The van der Waals surface area contributed by atoms with E-state index in [0.29, 0.717) is 13.1 Å². The van der Waals surface area contributed by atoms with Crippen LogP contribution < -0.4 is 4.18 Å². The quantitative estimate of drug-likeness (QED) is 0.702. The Labute approximate surface area is 143 Å². The van der Waals surface area contributed by atoms with Crippen molar-refractivity contribution in [2.24, 2.45) is 0 Å². The molecular formula is C17H25NO5S. The minimum Gasteiger partial charge on any atom is -0.382 e. The molecule has 1 aromatic carbocycles. The van der Waals surface area contributed by atoms with Crippen molar-refractivity contribution in [3.05, 3.63) is 29.8 Å². The second-order valence-electron chi connectivity index (χ2n) is 6.30. The molecule has 1 saturated heterocycles. The van der Waals surface area contributed by atoms with Crippen LogP contribution in [0.5, 0.6) is 5.75 Å². The van der Waals surface area contributed by atoms with Crippen molar-refractivity contribution in [2.75, 3.05) is 13.2 Å². The van der Waals surface area contributed by atoms with E-state index in [1.54, 1.807) is 49.9 Å². The Bertz CT molecular complexity index is 648. The van der Waals surface area contributed by atoms with Crippen LogP contribution >= 0.6 is 0 Å². The SMILES string of the molecule is CC(=O)N(Cc1ccc(OS(=O)(=O)C(C)C)cc1)CC1CCCO1. The van der Waals surface area contributed by atoms with Crippen LogP contribution in [-0.2, 0) is 26.2 Å². The van der Waals surface area contributed by atoms with E-state index in [1.165, 1.54) is 0 Å². The number of hydrogen-bond acceptors (Lipinski definition) is 5. The smallest absolute Gasteiger partial charge is 0.311 e. The molecule has 0 bridgehead atoms. The van der Waals surface area contributed by atoms with Crippen molar-refractivity contribution in [1.29, 1.82) is 0 Å². The van der Waals surface area contributed by atoms with Gasteiger partial charge in [-0.2, -0.15) is 8.42 Å². The highest BCUT2D eigenvalue weighted by Crippen LogP contribution is 2.19. The van der Waals surface area contributed by atoms with Gasteiger partial charge in [-0.1, -0.05) is 12.1 Å². The van der Waals surface area contributed by atoms with Gasteiger partial charge in [0.05, 0.1) is 11.4 Å². The first kappa shape index (κ1) is 18.7. The van der Waals surface area contributed by atoms with Gasteiger partial charge in [0.15, 0.2) is 0 Å². The first-order valence-electron chi connectivity index (χ1n) is 8.17. The van der Waals surface area contributed by atoms with E-state index in [2.05, 4.69) is 0 Å². The van der Waals surface area contributed by atoms with E-state index < -0.39 is 15.4 Å². The monoisotopic (exact) mass is 355 g/mol. The lowest BCUT2D eigenvalue weighted by atomic mass is 10.1. The summed E-state index contributed by atoms with van der Waals surface area (Å²) in [7, 11) is -3.60. The number of rotatable bonds is 7. The fourth-order valence-electron chi connectivity index (χ4n) is 2.44. The Kier molecular flexibility index (Phi) is 6.23. The van der Waals surface area contributed by atoms with Crippen LogP contribution in [0.3, 0.4) is 0 Å². The van der Waals surface area contributed by atoms with Crippen LogP contribution in [0.4, 0.5) is 0 Å². The molecule has 0 N–H and O–H groups in total. The van der Waals surface area contributed by atoms with Crippen molar-refractivity contribution in [3.8, 4) is 5.75 Å². The molecule has 0 aromatic heterocycles. The summed E-state index contributed by atoms with van der Waals surface area (Å²) >= 11 is 0.